The lowest BCUT2D eigenvalue weighted by Crippen LogP contribution is -2.20. The van der Waals surface area contributed by atoms with E-state index in [-0.39, 0.29) is 12.5 Å². The minimum Gasteiger partial charge on any atom is -0.387 e. The molecule has 1 rings (SSSR count). The van der Waals surface area contributed by atoms with Gasteiger partial charge in [-0.05, 0) is 0 Å². The van der Waals surface area contributed by atoms with Crippen LogP contribution in [-0.4, -0.2) is 22.6 Å². The molecule has 0 spiro atoms. The number of pyridine rings is 1. The summed E-state index contributed by atoms with van der Waals surface area (Å²) in [6.45, 7) is 0. The summed E-state index contributed by atoms with van der Waals surface area (Å²) in [4.78, 5) is 22.6. The van der Waals surface area contributed by atoms with Gasteiger partial charge in [-0.2, -0.15) is 0 Å². The van der Waals surface area contributed by atoms with Crippen LogP contribution in [0.25, 0.3) is 0 Å². The van der Waals surface area contributed by atoms with Crippen LogP contribution in [0.1, 0.15) is 22.3 Å². The number of rotatable bonds is 4. The average Bonchev–Trinajstić information content (AvgIpc) is 2.25. The highest BCUT2D eigenvalue weighted by Gasteiger charge is 2.37. The maximum Gasteiger partial charge on any atom is 0.574 e. The highest BCUT2D eigenvalue weighted by Crippen LogP contribution is 2.36. The number of halogens is 5. The number of aromatic nitrogens is 1. The molecule has 0 aliphatic carbocycles. The van der Waals surface area contributed by atoms with Gasteiger partial charge in [0.1, 0.15) is 11.8 Å². The molecule has 0 bridgehead atoms. The van der Waals surface area contributed by atoms with E-state index in [1.54, 1.807) is 0 Å². The molecular weight excluding hydrogens is 283 g/mol. The van der Waals surface area contributed by atoms with Crippen molar-refractivity contribution in [2.24, 2.45) is 0 Å². The molecule has 0 aliphatic rings. The van der Waals surface area contributed by atoms with Gasteiger partial charge in [-0.15, -0.1) is 13.2 Å². The third kappa shape index (κ3) is 3.33. The minimum absolute atomic E-state index is 0.233. The number of nitrogens with zero attached hydrogens (tertiary/aromatic N) is 2. The van der Waals surface area contributed by atoms with Crippen LogP contribution in [0.4, 0.5) is 27.6 Å². The van der Waals surface area contributed by atoms with Crippen molar-refractivity contribution < 1.29 is 36.4 Å². The van der Waals surface area contributed by atoms with Crippen molar-refractivity contribution in [2.45, 2.75) is 12.8 Å². The lowest BCUT2D eigenvalue weighted by Gasteiger charge is -2.12. The molecule has 19 heavy (non-hydrogen) atoms. The molecule has 0 saturated heterocycles. The van der Waals surface area contributed by atoms with E-state index in [0.717, 1.165) is 0 Å². The fourth-order valence-corrected chi connectivity index (χ4v) is 1.18. The number of carbonyl (C=O) groups excluding carboxylic acids is 1. The van der Waals surface area contributed by atoms with Gasteiger partial charge >= 0.3 is 6.36 Å². The highest BCUT2D eigenvalue weighted by molar-refractivity contribution is 5.84. The number of nitro groups is 1. The molecule has 0 saturated carbocycles. The second-order valence-corrected chi connectivity index (χ2v) is 3.00. The van der Waals surface area contributed by atoms with Crippen molar-refractivity contribution in [3.63, 3.8) is 0 Å². The van der Waals surface area contributed by atoms with Crippen molar-refractivity contribution >= 4 is 12.0 Å². The molecule has 0 fully saturated rings. The summed E-state index contributed by atoms with van der Waals surface area (Å²) in [6, 6.07) is 0. The van der Waals surface area contributed by atoms with Gasteiger partial charge in [0, 0.05) is 0 Å². The van der Waals surface area contributed by atoms with Crippen molar-refractivity contribution in [1.82, 2.24) is 4.98 Å². The van der Waals surface area contributed by atoms with E-state index in [4.69, 9.17) is 0 Å². The minimum atomic E-state index is -5.33. The van der Waals surface area contributed by atoms with Crippen LogP contribution in [0.15, 0.2) is 6.20 Å². The van der Waals surface area contributed by atoms with Gasteiger partial charge < -0.3 is 4.74 Å². The first-order chi connectivity index (χ1) is 8.67. The van der Waals surface area contributed by atoms with E-state index in [1.165, 1.54) is 0 Å². The van der Waals surface area contributed by atoms with Gasteiger partial charge in [-0.25, -0.2) is 13.8 Å². The average molecular weight is 286 g/mol. The van der Waals surface area contributed by atoms with E-state index in [1.807, 2.05) is 0 Å². The van der Waals surface area contributed by atoms with Crippen LogP contribution in [0.5, 0.6) is 5.88 Å². The Balaban J connectivity index is 3.50. The maximum atomic E-state index is 12.6. The predicted octanol–water partition coefficient (Wildman–Crippen LogP) is 2.64. The van der Waals surface area contributed by atoms with E-state index >= 15 is 0 Å². The Bertz CT molecular complexity index is 517. The fraction of sp³-hybridized carbons (Fsp3) is 0.250. The van der Waals surface area contributed by atoms with Crippen LogP contribution in [0.3, 0.4) is 0 Å². The Hall–Kier alpha value is -2.33. The summed E-state index contributed by atoms with van der Waals surface area (Å²) in [5.41, 5.74) is -3.93. The zero-order valence-electron chi connectivity index (χ0n) is 8.65. The normalized spacial score (nSPS) is 11.5. The molecule has 6 nitrogen and oxygen atoms in total. The summed E-state index contributed by atoms with van der Waals surface area (Å²) < 4.78 is 64.3. The predicted molar refractivity (Wildman–Crippen MR) is 47.9 cm³/mol. The van der Waals surface area contributed by atoms with Crippen LogP contribution in [-0.2, 0) is 0 Å². The molecule has 0 N–H and O–H groups in total. The monoisotopic (exact) mass is 286 g/mol. The number of alkyl halides is 5. The van der Waals surface area contributed by atoms with Crippen LogP contribution >= 0.6 is 0 Å². The second kappa shape index (κ2) is 5.12. The van der Waals surface area contributed by atoms with Crippen LogP contribution in [0, 0.1) is 10.1 Å². The molecular formula is C8H3F5N2O4. The molecule has 104 valence electrons. The molecule has 1 aromatic heterocycles. The Morgan fingerprint density at radius 1 is 1.42 bits per heavy atom. The van der Waals surface area contributed by atoms with E-state index < -0.39 is 40.4 Å². The Kier molecular flexibility index (Phi) is 3.97. The second-order valence-electron chi connectivity index (χ2n) is 3.00. The van der Waals surface area contributed by atoms with E-state index in [0.29, 0.717) is 0 Å². The first kappa shape index (κ1) is 14.7. The smallest absolute Gasteiger partial charge is 0.387 e. The summed E-state index contributed by atoms with van der Waals surface area (Å²) in [7, 11) is 0. The molecule has 11 heteroatoms. The first-order valence-corrected chi connectivity index (χ1v) is 4.33. The molecule has 1 heterocycles. The van der Waals surface area contributed by atoms with Gasteiger partial charge in [-0.1, -0.05) is 0 Å². The molecule has 0 radical (unpaired) electrons. The highest BCUT2D eigenvalue weighted by atomic mass is 19.4. The van der Waals surface area contributed by atoms with Crippen molar-refractivity contribution in [3.8, 4) is 5.88 Å². The largest absolute Gasteiger partial charge is 0.574 e. The lowest BCUT2D eigenvalue weighted by atomic mass is 10.1. The summed E-state index contributed by atoms with van der Waals surface area (Å²) >= 11 is 0. The Labute approximate surface area is 101 Å². The van der Waals surface area contributed by atoms with Crippen molar-refractivity contribution in [2.75, 3.05) is 0 Å². The number of carbonyl (C=O) groups is 1. The molecule has 0 aromatic carbocycles. The SMILES string of the molecule is O=Cc1c([N+](=O)[O-])cnc(OC(F)(F)F)c1C(F)F. The van der Waals surface area contributed by atoms with Gasteiger partial charge in [0.25, 0.3) is 12.1 Å². The summed E-state index contributed by atoms with van der Waals surface area (Å²) in [5.74, 6) is -1.60. The number of hydrogen-bond acceptors (Lipinski definition) is 5. The lowest BCUT2D eigenvalue weighted by molar-refractivity contribution is -0.385. The Morgan fingerprint density at radius 2 is 2.00 bits per heavy atom. The van der Waals surface area contributed by atoms with Gasteiger partial charge in [0.2, 0.25) is 5.88 Å². The summed E-state index contributed by atoms with van der Waals surface area (Å²) in [6.07, 6.45) is -9.06. The quantitative estimate of drug-likeness (QED) is 0.368. The zero-order chi connectivity index (χ0) is 14.8. The van der Waals surface area contributed by atoms with Gasteiger partial charge in [0.15, 0.2) is 6.29 Å². The zero-order valence-corrected chi connectivity index (χ0v) is 8.65. The van der Waals surface area contributed by atoms with Crippen LogP contribution < -0.4 is 4.74 Å². The first-order valence-electron chi connectivity index (χ1n) is 4.33. The number of aldehydes is 1. The standard InChI is InChI=1S/C8H3F5N2O4/c9-6(10)5-3(2-16)4(15(17)18)1-14-7(5)19-8(11,12)13/h1-2,6H. The van der Waals surface area contributed by atoms with Gasteiger partial charge in [-0.3, -0.25) is 14.9 Å². The molecule has 1 aromatic rings. The molecule has 0 atom stereocenters. The van der Waals surface area contributed by atoms with Crippen molar-refractivity contribution in [3.05, 3.63) is 27.4 Å². The van der Waals surface area contributed by atoms with Crippen molar-refractivity contribution in [1.29, 1.82) is 0 Å². The number of hydrogen-bond donors (Lipinski definition) is 0. The van der Waals surface area contributed by atoms with E-state index in [2.05, 4.69) is 9.72 Å². The molecule has 0 amide bonds. The Morgan fingerprint density at radius 3 is 2.37 bits per heavy atom. The maximum absolute atomic E-state index is 12.6. The van der Waals surface area contributed by atoms with Crippen LogP contribution in [0.2, 0.25) is 0 Å². The fourth-order valence-electron chi connectivity index (χ4n) is 1.18. The topological polar surface area (TPSA) is 82.3 Å². The number of ether oxygens (including phenoxy) is 1. The summed E-state index contributed by atoms with van der Waals surface area (Å²) in [5, 5.41) is 10.5. The molecule has 0 unspecified atom stereocenters. The van der Waals surface area contributed by atoms with Gasteiger partial charge in [0.05, 0.1) is 10.5 Å². The third-order valence-electron chi connectivity index (χ3n) is 1.85. The third-order valence-corrected chi connectivity index (χ3v) is 1.85. The van der Waals surface area contributed by atoms with E-state index in [9.17, 15) is 36.9 Å². The molecule has 0 aliphatic heterocycles.